The Morgan fingerprint density at radius 3 is 2.73 bits per heavy atom. The zero-order chi connectivity index (χ0) is 11.5. The Bertz CT molecular complexity index is 285. The van der Waals surface area contributed by atoms with E-state index < -0.39 is 11.5 Å². The Morgan fingerprint density at radius 1 is 1.67 bits per heavy atom. The van der Waals surface area contributed by atoms with Gasteiger partial charge in [-0.05, 0) is 25.7 Å². The average molecular weight is 210 g/mol. The van der Waals surface area contributed by atoms with Gasteiger partial charge < -0.3 is 5.11 Å². The van der Waals surface area contributed by atoms with Crippen LogP contribution in [0, 0.1) is 11.3 Å². The molecule has 0 aromatic carbocycles. The number of hydrogen-bond donors (Lipinski definition) is 1. The summed E-state index contributed by atoms with van der Waals surface area (Å²) in [6.07, 6.45) is 2.79. The van der Waals surface area contributed by atoms with Crippen molar-refractivity contribution in [1.29, 1.82) is 5.26 Å². The molecule has 1 aliphatic heterocycles. The molecule has 0 aliphatic carbocycles. The van der Waals surface area contributed by atoms with E-state index in [0.29, 0.717) is 19.3 Å². The van der Waals surface area contributed by atoms with Crippen molar-refractivity contribution < 1.29 is 9.90 Å². The summed E-state index contributed by atoms with van der Waals surface area (Å²) in [5.41, 5.74) is -0.795. The largest absolute Gasteiger partial charge is 0.480 e. The van der Waals surface area contributed by atoms with Crippen LogP contribution in [0.25, 0.3) is 0 Å². The molecule has 0 bridgehead atoms. The lowest BCUT2D eigenvalue weighted by Gasteiger charge is -2.36. The number of rotatable bonds is 4. The predicted molar refractivity (Wildman–Crippen MR) is 56.3 cm³/mol. The number of carbonyl (C=O) groups is 1. The summed E-state index contributed by atoms with van der Waals surface area (Å²) in [7, 11) is 0. The highest BCUT2D eigenvalue weighted by Crippen LogP contribution is 2.34. The van der Waals surface area contributed by atoms with Gasteiger partial charge in [-0.1, -0.05) is 13.8 Å². The van der Waals surface area contributed by atoms with Gasteiger partial charge in [-0.2, -0.15) is 5.26 Å². The van der Waals surface area contributed by atoms with Gasteiger partial charge in [0.1, 0.15) is 5.54 Å². The lowest BCUT2D eigenvalue weighted by molar-refractivity contribution is -0.150. The zero-order valence-corrected chi connectivity index (χ0v) is 9.36. The summed E-state index contributed by atoms with van der Waals surface area (Å²) in [5, 5.41) is 18.3. The Hall–Kier alpha value is -1.08. The maximum absolute atomic E-state index is 11.4. The second-order valence-corrected chi connectivity index (χ2v) is 4.04. The molecule has 0 spiro atoms. The molecule has 0 aromatic heterocycles. The topological polar surface area (TPSA) is 64.3 Å². The Balaban J connectivity index is 2.97. The predicted octanol–water partition coefficient (Wildman–Crippen LogP) is 1.62. The molecule has 4 nitrogen and oxygen atoms in total. The third-order valence-corrected chi connectivity index (χ3v) is 3.43. The zero-order valence-electron chi connectivity index (χ0n) is 9.36. The van der Waals surface area contributed by atoms with Gasteiger partial charge in [0.2, 0.25) is 0 Å². The van der Waals surface area contributed by atoms with E-state index in [1.807, 2.05) is 18.7 Å². The number of hydrogen-bond acceptors (Lipinski definition) is 3. The van der Waals surface area contributed by atoms with Crippen molar-refractivity contribution in [1.82, 2.24) is 4.90 Å². The third-order valence-electron chi connectivity index (χ3n) is 3.43. The Kier molecular flexibility index (Phi) is 3.70. The van der Waals surface area contributed by atoms with Crippen molar-refractivity contribution in [3.8, 4) is 6.07 Å². The highest BCUT2D eigenvalue weighted by Gasteiger charge is 2.48. The molecule has 1 N–H and O–H groups in total. The fourth-order valence-corrected chi connectivity index (χ4v) is 2.50. The molecule has 0 aromatic rings. The van der Waals surface area contributed by atoms with E-state index >= 15 is 0 Å². The van der Waals surface area contributed by atoms with Gasteiger partial charge in [0.15, 0.2) is 0 Å². The van der Waals surface area contributed by atoms with Crippen molar-refractivity contribution in [2.45, 2.75) is 51.1 Å². The number of likely N-dealkylation sites (tertiary alicyclic amines) is 1. The second-order valence-electron chi connectivity index (χ2n) is 4.04. The molecule has 1 aliphatic rings. The molecule has 0 saturated carbocycles. The summed E-state index contributed by atoms with van der Waals surface area (Å²) < 4.78 is 0. The highest BCUT2D eigenvalue weighted by molar-refractivity contribution is 5.79. The van der Waals surface area contributed by atoms with Gasteiger partial charge in [0.05, 0.1) is 12.1 Å². The first-order chi connectivity index (χ1) is 7.12. The molecule has 2 atom stereocenters. The SMILES string of the molecule is CCC(C#N)N1CCCC1(CC)C(=O)O. The lowest BCUT2D eigenvalue weighted by Crippen LogP contribution is -2.53. The molecule has 1 heterocycles. The second kappa shape index (κ2) is 4.63. The third kappa shape index (κ3) is 1.84. The van der Waals surface area contributed by atoms with Crippen molar-refractivity contribution in [2.75, 3.05) is 6.54 Å². The van der Waals surface area contributed by atoms with Crippen LogP contribution in [0.2, 0.25) is 0 Å². The fourth-order valence-electron chi connectivity index (χ4n) is 2.50. The maximum atomic E-state index is 11.4. The van der Waals surface area contributed by atoms with Crippen molar-refractivity contribution in [3.63, 3.8) is 0 Å². The van der Waals surface area contributed by atoms with Gasteiger partial charge in [-0.25, -0.2) is 0 Å². The van der Waals surface area contributed by atoms with Gasteiger partial charge in [-0.3, -0.25) is 9.69 Å². The molecule has 0 radical (unpaired) electrons. The van der Waals surface area contributed by atoms with Crippen LogP contribution in [0.5, 0.6) is 0 Å². The molecule has 1 fully saturated rings. The van der Waals surface area contributed by atoms with Gasteiger partial charge >= 0.3 is 5.97 Å². The van der Waals surface area contributed by atoms with Crippen LogP contribution in [0.4, 0.5) is 0 Å². The average Bonchev–Trinajstić information content (AvgIpc) is 2.65. The van der Waals surface area contributed by atoms with Crippen molar-refractivity contribution in [2.24, 2.45) is 0 Å². The molecule has 1 saturated heterocycles. The summed E-state index contributed by atoms with van der Waals surface area (Å²) in [6, 6.07) is 1.94. The number of nitrogens with zero attached hydrogens (tertiary/aromatic N) is 2. The van der Waals surface area contributed by atoms with Crippen LogP contribution >= 0.6 is 0 Å². The fraction of sp³-hybridized carbons (Fsp3) is 0.818. The lowest BCUT2D eigenvalue weighted by atomic mass is 9.91. The van der Waals surface area contributed by atoms with Crippen LogP contribution in [0.3, 0.4) is 0 Å². The van der Waals surface area contributed by atoms with Crippen molar-refractivity contribution in [3.05, 3.63) is 0 Å². The van der Waals surface area contributed by atoms with Crippen LogP contribution in [-0.4, -0.2) is 34.1 Å². The minimum absolute atomic E-state index is 0.261. The Labute approximate surface area is 90.5 Å². The van der Waals surface area contributed by atoms with E-state index in [2.05, 4.69) is 6.07 Å². The van der Waals surface area contributed by atoms with Gasteiger partial charge in [0, 0.05) is 6.54 Å². The van der Waals surface area contributed by atoms with Crippen molar-refractivity contribution >= 4 is 5.97 Å². The summed E-state index contributed by atoms with van der Waals surface area (Å²) in [5.74, 6) is -0.781. The normalized spacial score (nSPS) is 28.6. The van der Waals surface area contributed by atoms with E-state index in [-0.39, 0.29) is 6.04 Å². The summed E-state index contributed by atoms with van der Waals surface area (Å²) in [6.45, 7) is 4.54. The molecular formula is C11H18N2O2. The van der Waals surface area contributed by atoms with E-state index in [0.717, 1.165) is 13.0 Å². The molecule has 0 amide bonds. The van der Waals surface area contributed by atoms with E-state index in [1.54, 1.807) is 0 Å². The molecule has 84 valence electrons. The van der Waals surface area contributed by atoms with Crippen LogP contribution in [-0.2, 0) is 4.79 Å². The smallest absolute Gasteiger partial charge is 0.324 e. The molecule has 15 heavy (non-hydrogen) atoms. The maximum Gasteiger partial charge on any atom is 0.324 e. The van der Waals surface area contributed by atoms with E-state index in [4.69, 9.17) is 5.26 Å². The standard InChI is InChI=1S/C11H18N2O2/c1-3-9(8-12)13-7-5-6-11(13,4-2)10(14)15/h9H,3-7H2,1-2H3,(H,14,15). The van der Waals surface area contributed by atoms with Crippen LogP contribution < -0.4 is 0 Å². The molecule has 1 rings (SSSR count). The number of aliphatic carboxylic acids is 1. The molecule has 2 unspecified atom stereocenters. The van der Waals surface area contributed by atoms with Crippen LogP contribution in [0.1, 0.15) is 39.5 Å². The number of nitriles is 1. The van der Waals surface area contributed by atoms with Gasteiger partial charge in [0.25, 0.3) is 0 Å². The van der Waals surface area contributed by atoms with E-state index in [1.165, 1.54) is 0 Å². The first kappa shape index (κ1) is 12.0. The Morgan fingerprint density at radius 2 is 2.33 bits per heavy atom. The minimum atomic E-state index is -0.795. The summed E-state index contributed by atoms with van der Waals surface area (Å²) >= 11 is 0. The number of carboxylic acids is 1. The molecular weight excluding hydrogens is 192 g/mol. The monoisotopic (exact) mass is 210 g/mol. The van der Waals surface area contributed by atoms with E-state index in [9.17, 15) is 9.90 Å². The molecule has 4 heteroatoms. The highest BCUT2D eigenvalue weighted by atomic mass is 16.4. The number of carboxylic acid groups (broad SMARTS) is 1. The minimum Gasteiger partial charge on any atom is -0.480 e. The van der Waals surface area contributed by atoms with Crippen LogP contribution in [0.15, 0.2) is 0 Å². The first-order valence-corrected chi connectivity index (χ1v) is 5.52. The first-order valence-electron chi connectivity index (χ1n) is 5.52. The van der Waals surface area contributed by atoms with Gasteiger partial charge in [-0.15, -0.1) is 0 Å². The summed E-state index contributed by atoms with van der Waals surface area (Å²) in [4.78, 5) is 13.2. The quantitative estimate of drug-likeness (QED) is 0.765.